The quantitative estimate of drug-likeness (QED) is 0.662. The number of ketones is 1. The van der Waals surface area contributed by atoms with Gasteiger partial charge in [-0.2, -0.15) is 0 Å². The SMILES string of the molecule is CC(=O)c1ccc(C=CCCNC(=O)OC(C)(C)C)cc1. The zero-order chi connectivity index (χ0) is 15.9. The molecule has 0 fully saturated rings. The van der Waals surface area contributed by atoms with Gasteiger partial charge in [-0.1, -0.05) is 36.4 Å². The molecule has 0 radical (unpaired) electrons. The normalized spacial score (nSPS) is 11.4. The van der Waals surface area contributed by atoms with Gasteiger partial charge in [-0.3, -0.25) is 4.79 Å². The van der Waals surface area contributed by atoms with Crippen molar-refractivity contribution in [2.24, 2.45) is 0 Å². The highest BCUT2D eigenvalue weighted by atomic mass is 16.6. The average Bonchev–Trinajstić information content (AvgIpc) is 2.36. The number of rotatable bonds is 5. The second kappa shape index (κ2) is 7.62. The van der Waals surface area contributed by atoms with Crippen LogP contribution in [0.1, 0.15) is 50.0 Å². The van der Waals surface area contributed by atoms with Crippen LogP contribution in [0, 0.1) is 0 Å². The first-order valence-corrected chi connectivity index (χ1v) is 7.02. The van der Waals surface area contributed by atoms with Gasteiger partial charge in [0.05, 0.1) is 0 Å². The van der Waals surface area contributed by atoms with E-state index in [0.717, 1.165) is 5.56 Å². The predicted molar refractivity (Wildman–Crippen MR) is 84.3 cm³/mol. The lowest BCUT2D eigenvalue weighted by molar-refractivity contribution is 0.0528. The van der Waals surface area contributed by atoms with E-state index in [-0.39, 0.29) is 5.78 Å². The molecule has 0 bridgehead atoms. The summed E-state index contributed by atoms with van der Waals surface area (Å²) < 4.78 is 5.13. The lowest BCUT2D eigenvalue weighted by atomic mass is 10.1. The van der Waals surface area contributed by atoms with Gasteiger partial charge in [0.2, 0.25) is 0 Å². The minimum Gasteiger partial charge on any atom is -0.444 e. The Labute approximate surface area is 126 Å². The van der Waals surface area contributed by atoms with Crippen LogP contribution in [0.3, 0.4) is 0 Å². The summed E-state index contributed by atoms with van der Waals surface area (Å²) in [5, 5.41) is 2.69. The van der Waals surface area contributed by atoms with E-state index in [0.29, 0.717) is 18.5 Å². The highest BCUT2D eigenvalue weighted by Gasteiger charge is 2.15. The van der Waals surface area contributed by atoms with Crippen LogP contribution in [0.25, 0.3) is 6.08 Å². The first-order chi connectivity index (χ1) is 9.78. The van der Waals surface area contributed by atoms with E-state index < -0.39 is 11.7 Å². The van der Waals surface area contributed by atoms with Crippen molar-refractivity contribution in [1.29, 1.82) is 0 Å². The van der Waals surface area contributed by atoms with Crippen LogP contribution in [0.4, 0.5) is 4.79 Å². The zero-order valence-electron chi connectivity index (χ0n) is 13.1. The van der Waals surface area contributed by atoms with Gasteiger partial charge in [0.15, 0.2) is 5.78 Å². The Balaban J connectivity index is 2.32. The Morgan fingerprint density at radius 1 is 1.19 bits per heavy atom. The molecular weight excluding hydrogens is 266 g/mol. The summed E-state index contributed by atoms with van der Waals surface area (Å²) in [5.41, 5.74) is 1.26. The summed E-state index contributed by atoms with van der Waals surface area (Å²) in [4.78, 5) is 22.6. The third-order valence-corrected chi connectivity index (χ3v) is 2.61. The van der Waals surface area contributed by atoms with Crippen molar-refractivity contribution >= 4 is 18.0 Å². The first-order valence-electron chi connectivity index (χ1n) is 7.02. The number of nitrogens with one attached hydrogen (secondary N) is 1. The number of Topliss-reactive ketones (excluding diaryl/α,β-unsaturated/α-hetero) is 1. The van der Waals surface area contributed by atoms with E-state index in [4.69, 9.17) is 4.74 Å². The Morgan fingerprint density at radius 3 is 2.33 bits per heavy atom. The van der Waals surface area contributed by atoms with Gasteiger partial charge in [-0.25, -0.2) is 4.79 Å². The maximum atomic E-state index is 11.4. The molecule has 0 saturated heterocycles. The molecule has 0 atom stereocenters. The summed E-state index contributed by atoms with van der Waals surface area (Å²) in [5.74, 6) is 0.0621. The molecule has 21 heavy (non-hydrogen) atoms. The van der Waals surface area contributed by atoms with Gasteiger partial charge in [0.25, 0.3) is 0 Å². The number of hydrogen-bond acceptors (Lipinski definition) is 3. The minimum absolute atomic E-state index is 0.0621. The molecule has 1 N–H and O–H groups in total. The molecule has 0 aliphatic heterocycles. The molecule has 0 saturated carbocycles. The molecule has 0 spiro atoms. The highest BCUT2D eigenvalue weighted by Crippen LogP contribution is 2.08. The predicted octanol–water partition coefficient (Wildman–Crippen LogP) is 3.82. The van der Waals surface area contributed by atoms with E-state index in [1.807, 2.05) is 45.1 Å². The summed E-state index contributed by atoms with van der Waals surface area (Å²) in [6, 6.07) is 7.41. The number of ether oxygens (including phenoxy) is 1. The minimum atomic E-state index is -0.474. The number of carbonyl (C=O) groups excluding carboxylic acids is 2. The fourth-order valence-electron chi connectivity index (χ4n) is 1.62. The number of hydrogen-bond donors (Lipinski definition) is 1. The van der Waals surface area contributed by atoms with E-state index in [9.17, 15) is 9.59 Å². The van der Waals surface area contributed by atoms with Gasteiger partial charge < -0.3 is 10.1 Å². The molecule has 0 aliphatic rings. The largest absolute Gasteiger partial charge is 0.444 e. The topological polar surface area (TPSA) is 55.4 Å². The number of alkyl carbamates (subject to hydrolysis) is 1. The van der Waals surface area contributed by atoms with Gasteiger partial charge in [-0.05, 0) is 39.7 Å². The van der Waals surface area contributed by atoms with Crippen LogP contribution in [0.15, 0.2) is 30.3 Å². The summed E-state index contributed by atoms with van der Waals surface area (Å²) in [6.45, 7) is 7.57. The number of benzene rings is 1. The van der Waals surface area contributed by atoms with Crippen LogP contribution in [0.5, 0.6) is 0 Å². The smallest absolute Gasteiger partial charge is 0.407 e. The molecule has 1 amide bonds. The molecule has 114 valence electrons. The summed E-state index contributed by atoms with van der Waals surface area (Å²) in [6.07, 6.45) is 4.25. The van der Waals surface area contributed by atoms with Gasteiger partial charge in [-0.15, -0.1) is 0 Å². The third kappa shape index (κ3) is 7.30. The van der Waals surface area contributed by atoms with Crippen molar-refractivity contribution in [2.45, 2.75) is 39.7 Å². The van der Waals surface area contributed by atoms with Crippen LogP contribution >= 0.6 is 0 Å². The van der Waals surface area contributed by atoms with Crippen molar-refractivity contribution in [3.63, 3.8) is 0 Å². The lowest BCUT2D eigenvalue weighted by Gasteiger charge is -2.19. The fourth-order valence-corrected chi connectivity index (χ4v) is 1.62. The van der Waals surface area contributed by atoms with Crippen molar-refractivity contribution in [3.8, 4) is 0 Å². The molecular formula is C17H23NO3. The van der Waals surface area contributed by atoms with E-state index in [1.54, 1.807) is 19.1 Å². The van der Waals surface area contributed by atoms with Crippen molar-refractivity contribution in [2.75, 3.05) is 6.54 Å². The lowest BCUT2D eigenvalue weighted by Crippen LogP contribution is -2.32. The number of amides is 1. The van der Waals surface area contributed by atoms with Crippen molar-refractivity contribution in [1.82, 2.24) is 5.32 Å². The van der Waals surface area contributed by atoms with E-state index in [1.165, 1.54) is 0 Å². The molecule has 0 aromatic heterocycles. The van der Waals surface area contributed by atoms with Crippen molar-refractivity contribution < 1.29 is 14.3 Å². The van der Waals surface area contributed by atoms with Crippen molar-refractivity contribution in [3.05, 3.63) is 41.5 Å². The summed E-state index contributed by atoms with van der Waals surface area (Å²) >= 11 is 0. The maximum Gasteiger partial charge on any atom is 0.407 e. The fraction of sp³-hybridized carbons (Fsp3) is 0.412. The van der Waals surface area contributed by atoms with Gasteiger partial charge >= 0.3 is 6.09 Å². The molecule has 1 aromatic carbocycles. The maximum absolute atomic E-state index is 11.4. The molecule has 0 unspecified atom stereocenters. The Bertz CT molecular complexity index is 510. The molecule has 1 rings (SSSR count). The second-order valence-electron chi connectivity index (χ2n) is 5.80. The van der Waals surface area contributed by atoms with E-state index in [2.05, 4.69) is 5.32 Å². The van der Waals surface area contributed by atoms with Gasteiger partial charge in [0, 0.05) is 12.1 Å². The Morgan fingerprint density at radius 2 is 1.81 bits per heavy atom. The molecule has 4 heteroatoms. The molecule has 1 aromatic rings. The van der Waals surface area contributed by atoms with Crippen LogP contribution in [0.2, 0.25) is 0 Å². The monoisotopic (exact) mass is 289 g/mol. The number of carbonyl (C=O) groups is 2. The second-order valence-corrected chi connectivity index (χ2v) is 5.80. The first kappa shape index (κ1) is 17.0. The Hall–Kier alpha value is -2.10. The van der Waals surface area contributed by atoms with E-state index >= 15 is 0 Å². The molecule has 0 aliphatic carbocycles. The van der Waals surface area contributed by atoms with Crippen LogP contribution in [-0.4, -0.2) is 24.0 Å². The molecule has 0 heterocycles. The summed E-state index contributed by atoms with van der Waals surface area (Å²) in [7, 11) is 0. The standard InChI is InChI=1S/C17H23NO3/c1-13(19)15-10-8-14(9-11-15)7-5-6-12-18-16(20)21-17(2,3)4/h5,7-11H,6,12H2,1-4H3,(H,18,20). The highest BCUT2D eigenvalue weighted by molar-refractivity contribution is 5.94. The van der Waals surface area contributed by atoms with Crippen LogP contribution < -0.4 is 5.32 Å². The zero-order valence-corrected chi connectivity index (χ0v) is 13.1. The average molecular weight is 289 g/mol. The van der Waals surface area contributed by atoms with Crippen LogP contribution in [-0.2, 0) is 4.74 Å². The van der Waals surface area contributed by atoms with Gasteiger partial charge in [0.1, 0.15) is 5.60 Å². The molecule has 4 nitrogen and oxygen atoms in total. The Kier molecular flexibility index (Phi) is 6.15. The third-order valence-electron chi connectivity index (χ3n) is 2.61.